The van der Waals surface area contributed by atoms with Crippen molar-refractivity contribution >= 4 is 17.3 Å². The zero-order valence-corrected chi connectivity index (χ0v) is 10.5. The van der Waals surface area contributed by atoms with E-state index in [0.29, 0.717) is 30.9 Å². The first kappa shape index (κ1) is 12.9. The molecule has 1 unspecified atom stereocenters. The Hall–Kier alpha value is -1.59. The van der Waals surface area contributed by atoms with Gasteiger partial charge in [-0.25, -0.2) is 0 Å². The molecule has 1 heterocycles. The average Bonchev–Trinajstić information content (AvgIpc) is 2.57. The standard InChI is InChI=1S/C13H19N3O2/c1-13(18)5-6-16(9-13)8-12(17)15-11-4-2-3-10(14)7-11/h2-4,7,18H,5-6,8-9,14H2,1H3,(H,15,17). The SMILES string of the molecule is CC1(O)CCN(CC(=O)Nc2cccc(N)c2)C1. The second kappa shape index (κ2) is 4.96. The highest BCUT2D eigenvalue weighted by Gasteiger charge is 2.31. The lowest BCUT2D eigenvalue weighted by atomic mass is 10.1. The first-order chi connectivity index (χ1) is 8.44. The van der Waals surface area contributed by atoms with Crippen LogP contribution in [0.15, 0.2) is 24.3 Å². The number of benzene rings is 1. The number of rotatable bonds is 3. The summed E-state index contributed by atoms with van der Waals surface area (Å²) in [5, 5.41) is 12.6. The number of likely N-dealkylation sites (tertiary alicyclic amines) is 1. The van der Waals surface area contributed by atoms with Gasteiger partial charge in [-0.05, 0) is 31.5 Å². The van der Waals surface area contributed by atoms with E-state index >= 15 is 0 Å². The van der Waals surface area contributed by atoms with Crippen LogP contribution in [-0.2, 0) is 4.79 Å². The van der Waals surface area contributed by atoms with Crippen molar-refractivity contribution in [2.24, 2.45) is 0 Å². The maximum Gasteiger partial charge on any atom is 0.238 e. The van der Waals surface area contributed by atoms with E-state index < -0.39 is 5.60 Å². The van der Waals surface area contributed by atoms with Crippen LogP contribution in [0.3, 0.4) is 0 Å². The Morgan fingerprint density at radius 2 is 2.39 bits per heavy atom. The molecule has 0 saturated carbocycles. The normalized spacial score (nSPS) is 24.1. The third-order valence-corrected chi connectivity index (χ3v) is 3.07. The predicted octanol–water partition coefficient (Wildman–Crippen LogP) is 0.664. The number of nitrogens with two attached hydrogens (primary N) is 1. The summed E-state index contributed by atoms with van der Waals surface area (Å²) in [6, 6.07) is 7.09. The number of carbonyl (C=O) groups is 1. The number of hydrogen-bond donors (Lipinski definition) is 3. The lowest BCUT2D eigenvalue weighted by Gasteiger charge is -2.18. The molecule has 1 aliphatic heterocycles. The van der Waals surface area contributed by atoms with Gasteiger partial charge >= 0.3 is 0 Å². The molecule has 5 heteroatoms. The van der Waals surface area contributed by atoms with E-state index in [1.165, 1.54) is 0 Å². The largest absolute Gasteiger partial charge is 0.399 e. The Morgan fingerprint density at radius 3 is 3.00 bits per heavy atom. The molecular weight excluding hydrogens is 230 g/mol. The van der Waals surface area contributed by atoms with Crippen LogP contribution in [0.5, 0.6) is 0 Å². The van der Waals surface area contributed by atoms with Crippen LogP contribution in [0.25, 0.3) is 0 Å². The maximum atomic E-state index is 11.8. The Labute approximate surface area is 107 Å². The lowest BCUT2D eigenvalue weighted by Crippen LogP contribution is -2.35. The third kappa shape index (κ3) is 3.45. The van der Waals surface area contributed by atoms with Crippen molar-refractivity contribution in [3.05, 3.63) is 24.3 Å². The van der Waals surface area contributed by atoms with Gasteiger partial charge in [0, 0.05) is 24.5 Å². The zero-order valence-electron chi connectivity index (χ0n) is 10.5. The summed E-state index contributed by atoms with van der Waals surface area (Å²) >= 11 is 0. The molecule has 2 rings (SSSR count). The molecule has 1 atom stereocenters. The van der Waals surface area contributed by atoms with E-state index in [1.807, 2.05) is 4.90 Å². The van der Waals surface area contributed by atoms with Gasteiger partial charge in [-0.2, -0.15) is 0 Å². The Bertz CT molecular complexity index is 446. The third-order valence-electron chi connectivity index (χ3n) is 3.07. The molecule has 1 aromatic rings. The molecule has 4 N–H and O–H groups in total. The predicted molar refractivity (Wildman–Crippen MR) is 71.2 cm³/mol. The van der Waals surface area contributed by atoms with Crippen LogP contribution in [-0.4, -0.2) is 41.1 Å². The fourth-order valence-electron chi connectivity index (χ4n) is 2.19. The highest BCUT2D eigenvalue weighted by atomic mass is 16.3. The summed E-state index contributed by atoms with van der Waals surface area (Å²) in [7, 11) is 0. The van der Waals surface area contributed by atoms with Crippen molar-refractivity contribution < 1.29 is 9.90 Å². The summed E-state index contributed by atoms with van der Waals surface area (Å²) in [5.74, 6) is -0.0849. The van der Waals surface area contributed by atoms with E-state index in [2.05, 4.69) is 5.32 Å². The second-order valence-electron chi connectivity index (χ2n) is 5.13. The van der Waals surface area contributed by atoms with Crippen molar-refractivity contribution in [1.82, 2.24) is 4.90 Å². The quantitative estimate of drug-likeness (QED) is 0.688. The Balaban J connectivity index is 1.86. The maximum absolute atomic E-state index is 11.8. The first-order valence-electron chi connectivity index (χ1n) is 6.05. The van der Waals surface area contributed by atoms with Crippen LogP contribution >= 0.6 is 0 Å². The molecule has 0 radical (unpaired) electrons. The highest BCUT2D eigenvalue weighted by Crippen LogP contribution is 2.20. The highest BCUT2D eigenvalue weighted by molar-refractivity contribution is 5.92. The average molecular weight is 249 g/mol. The van der Waals surface area contributed by atoms with Gasteiger partial charge in [0.2, 0.25) is 5.91 Å². The van der Waals surface area contributed by atoms with Gasteiger partial charge in [-0.15, -0.1) is 0 Å². The minimum atomic E-state index is -0.669. The number of nitrogens with one attached hydrogen (secondary N) is 1. The van der Waals surface area contributed by atoms with Crippen molar-refractivity contribution in [3.63, 3.8) is 0 Å². The zero-order chi connectivity index (χ0) is 13.2. The lowest BCUT2D eigenvalue weighted by molar-refractivity contribution is -0.117. The summed E-state index contributed by atoms with van der Waals surface area (Å²) < 4.78 is 0. The molecule has 0 spiro atoms. The van der Waals surface area contributed by atoms with Crippen molar-refractivity contribution in [1.29, 1.82) is 0 Å². The molecule has 0 aliphatic carbocycles. The number of hydrogen-bond acceptors (Lipinski definition) is 4. The molecule has 18 heavy (non-hydrogen) atoms. The van der Waals surface area contributed by atoms with Crippen molar-refractivity contribution in [2.45, 2.75) is 18.9 Å². The summed E-state index contributed by atoms with van der Waals surface area (Å²) in [6.45, 7) is 3.38. The molecule has 98 valence electrons. The van der Waals surface area contributed by atoms with Crippen LogP contribution in [0.2, 0.25) is 0 Å². The first-order valence-corrected chi connectivity index (χ1v) is 6.05. The summed E-state index contributed by atoms with van der Waals surface area (Å²) in [5.41, 5.74) is 6.29. The summed E-state index contributed by atoms with van der Waals surface area (Å²) in [4.78, 5) is 13.8. The number of aliphatic hydroxyl groups is 1. The minimum Gasteiger partial charge on any atom is -0.399 e. The monoisotopic (exact) mass is 249 g/mol. The van der Waals surface area contributed by atoms with Crippen LogP contribution in [0.1, 0.15) is 13.3 Å². The van der Waals surface area contributed by atoms with Gasteiger partial charge in [-0.1, -0.05) is 6.07 Å². The Morgan fingerprint density at radius 1 is 1.61 bits per heavy atom. The fraction of sp³-hybridized carbons (Fsp3) is 0.462. The molecule has 1 aromatic carbocycles. The van der Waals surface area contributed by atoms with Gasteiger partial charge in [0.25, 0.3) is 0 Å². The van der Waals surface area contributed by atoms with Crippen molar-refractivity contribution in [2.75, 3.05) is 30.7 Å². The van der Waals surface area contributed by atoms with Gasteiger partial charge < -0.3 is 16.2 Å². The van der Waals surface area contributed by atoms with E-state index in [1.54, 1.807) is 31.2 Å². The molecular formula is C13H19N3O2. The Kier molecular flexibility index (Phi) is 3.54. The van der Waals surface area contributed by atoms with Gasteiger partial charge in [0.05, 0.1) is 12.1 Å². The topological polar surface area (TPSA) is 78.6 Å². The minimum absolute atomic E-state index is 0.0849. The number of carbonyl (C=O) groups excluding carboxylic acids is 1. The molecule has 5 nitrogen and oxygen atoms in total. The van der Waals surface area contributed by atoms with Crippen LogP contribution < -0.4 is 11.1 Å². The number of nitrogens with zero attached hydrogens (tertiary/aromatic N) is 1. The van der Waals surface area contributed by atoms with Crippen LogP contribution in [0, 0.1) is 0 Å². The molecule has 1 saturated heterocycles. The fourth-order valence-corrected chi connectivity index (χ4v) is 2.19. The molecule has 0 bridgehead atoms. The molecule has 1 aliphatic rings. The van der Waals surface area contributed by atoms with E-state index in [4.69, 9.17) is 5.73 Å². The van der Waals surface area contributed by atoms with Gasteiger partial charge in [0.1, 0.15) is 0 Å². The number of anilines is 2. The van der Waals surface area contributed by atoms with E-state index in [0.717, 1.165) is 6.54 Å². The summed E-state index contributed by atoms with van der Waals surface area (Å²) in [6.07, 6.45) is 0.707. The van der Waals surface area contributed by atoms with Crippen LogP contribution in [0.4, 0.5) is 11.4 Å². The smallest absolute Gasteiger partial charge is 0.238 e. The van der Waals surface area contributed by atoms with Gasteiger partial charge in [-0.3, -0.25) is 9.69 Å². The van der Waals surface area contributed by atoms with E-state index in [9.17, 15) is 9.90 Å². The second-order valence-corrected chi connectivity index (χ2v) is 5.13. The molecule has 1 fully saturated rings. The number of amides is 1. The number of nitrogen functional groups attached to an aromatic ring is 1. The van der Waals surface area contributed by atoms with Crippen molar-refractivity contribution in [3.8, 4) is 0 Å². The van der Waals surface area contributed by atoms with Gasteiger partial charge in [0.15, 0.2) is 0 Å². The molecule has 0 aromatic heterocycles. The van der Waals surface area contributed by atoms with E-state index in [-0.39, 0.29) is 5.91 Å². The molecule has 1 amide bonds. The number of β-amino-alcohol motifs (C(OH)–C–C–N with tert-alkyl or cyclic N) is 1.